The van der Waals surface area contributed by atoms with Crippen molar-refractivity contribution in [2.45, 2.75) is 46.0 Å². The van der Waals surface area contributed by atoms with Gasteiger partial charge in [0.1, 0.15) is 0 Å². The van der Waals surface area contributed by atoms with Crippen molar-refractivity contribution in [1.82, 2.24) is 10.2 Å². The van der Waals surface area contributed by atoms with Crippen LogP contribution in [0.25, 0.3) is 0 Å². The fraction of sp³-hybridized carbons (Fsp3) is 0.619. The van der Waals surface area contributed by atoms with E-state index in [4.69, 9.17) is 0 Å². The number of nitrogens with zero attached hydrogens (tertiary/aromatic N) is 1. The van der Waals surface area contributed by atoms with Crippen LogP contribution in [0.15, 0.2) is 18.2 Å². The maximum Gasteiger partial charge on any atom is 0.256 e. The first-order valence-corrected chi connectivity index (χ1v) is 9.95. The topological polar surface area (TPSA) is 61.4 Å². The summed E-state index contributed by atoms with van der Waals surface area (Å²) < 4.78 is 0. The number of amides is 2. The summed E-state index contributed by atoms with van der Waals surface area (Å²) >= 11 is 0. The summed E-state index contributed by atoms with van der Waals surface area (Å²) in [5.74, 6) is 1.02. The second kappa shape index (κ2) is 8.67. The molecule has 2 saturated heterocycles. The smallest absolute Gasteiger partial charge is 0.256 e. The van der Waals surface area contributed by atoms with Crippen LogP contribution in [0.4, 0.5) is 5.69 Å². The molecule has 26 heavy (non-hydrogen) atoms. The minimum absolute atomic E-state index is 0.0112. The third kappa shape index (κ3) is 4.44. The highest BCUT2D eigenvalue weighted by Gasteiger charge is 2.25. The van der Waals surface area contributed by atoms with E-state index >= 15 is 0 Å². The highest BCUT2D eigenvalue weighted by Crippen LogP contribution is 2.27. The van der Waals surface area contributed by atoms with E-state index in [1.165, 1.54) is 0 Å². The fourth-order valence-electron chi connectivity index (χ4n) is 4.21. The Morgan fingerprint density at radius 1 is 1.23 bits per heavy atom. The average molecular weight is 357 g/mol. The predicted octanol–water partition coefficient (Wildman–Crippen LogP) is 3.20. The molecule has 0 radical (unpaired) electrons. The molecule has 1 aromatic carbocycles. The van der Waals surface area contributed by atoms with Gasteiger partial charge in [0.2, 0.25) is 5.91 Å². The van der Waals surface area contributed by atoms with Crippen LogP contribution >= 0.6 is 0 Å². The summed E-state index contributed by atoms with van der Waals surface area (Å²) in [4.78, 5) is 27.4. The van der Waals surface area contributed by atoms with Gasteiger partial charge in [-0.05, 0) is 69.2 Å². The number of piperidine rings is 1. The second-order valence-electron chi connectivity index (χ2n) is 7.81. The van der Waals surface area contributed by atoms with Crippen LogP contribution in [0.1, 0.15) is 54.9 Å². The number of nitrogens with one attached hydrogen (secondary N) is 2. The SMILES string of the molecule is Cc1cccc(NC(=O)CC(C)C2CCNCC2)c1C(=O)N1CCCC1. The minimum atomic E-state index is 0.0112. The van der Waals surface area contributed by atoms with Crippen LogP contribution in [-0.4, -0.2) is 42.9 Å². The third-order valence-corrected chi connectivity index (χ3v) is 5.85. The highest BCUT2D eigenvalue weighted by atomic mass is 16.2. The van der Waals surface area contributed by atoms with Crippen LogP contribution in [0, 0.1) is 18.8 Å². The van der Waals surface area contributed by atoms with Crippen LogP contribution in [0.3, 0.4) is 0 Å². The summed E-state index contributed by atoms with van der Waals surface area (Å²) in [6, 6.07) is 5.70. The van der Waals surface area contributed by atoms with E-state index in [0.717, 1.165) is 57.4 Å². The molecule has 2 aliphatic heterocycles. The van der Waals surface area contributed by atoms with Gasteiger partial charge in [-0.2, -0.15) is 0 Å². The molecule has 0 aromatic heterocycles. The van der Waals surface area contributed by atoms with Gasteiger partial charge < -0.3 is 15.5 Å². The molecule has 0 spiro atoms. The van der Waals surface area contributed by atoms with Crippen LogP contribution in [0.2, 0.25) is 0 Å². The molecule has 1 aromatic rings. The van der Waals surface area contributed by atoms with Gasteiger partial charge in [-0.1, -0.05) is 19.1 Å². The number of hydrogen-bond acceptors (Lipinski definition) is 3. The maximum atomic E-state index is 12.9. The second-order valence-corrected chi connectivity index (χ2v) is 7.81. The standard InChI is InChI=1S/C21H31N3O2/c1-15-6-5-7-18(20(15)21(26)24-12-3-4-13-24)23-19(25)14-16(2)17-8-10-22-11-9-17/h5-7,16-17,22H,3-4,8-14H2,1-2H3,(H,23,25). The zero-order valence-corrected chi connectivity index (χ0v) is 16.0. The molecule has 1 atom stereocenters. The number of aryl methyl sites for hydroxylation is 1. The van der Waals surface area contributed by atoms with Crippen molar-refractivity contribution < 1.29 is 9.59 Å². The quantitative estimate of drug-likeness (QED) is 0.851. The molecule has 5 nitrogen and oxygen atoms in total. The highest BCUT2D eigenvalue weighted by molar-refractivity contribution is 6.05. The van der Waals surface area contributed by atoms with E-state index in [1.54, 1.807) is 0 Å². The number of anilines is 1. The number of carbonyl (C=O) groups excluding carboxylic acids is 2. The first-order chi connectivity index (χ1) is 12.6. The lowest BCUT2D eigenvalue weighted by Gasteiger charge is -2.28. The summed E-state index contributed by atoms with van der Waals surface area (Å²) in [7, 11) is 0. The molecule has 2 aliphatic rings. The maximum absolute atomic E-state index is 12.9. The van der Waals surface area contributed by atoms with Crippen molar-refractivity contribution in [3.05, 3.63) is 29.3 Å². The zero-order valence-electron chi connectivity index (χ0n) is 16.0. The van der Waals surface area contributed by atoms with Crippen molar-refractivity contribution >= 4 is 17.5 Å². The molecule has 1 unspecified atom stereocenters. The van der Waals surface area contributed by atoms with Crippen molar-refractivity contribution in [1.29, 1.82) is 0 Å². The van der Waals surface area contributed by atoms with Gasteiger partial charge in [0, 0.05) is 19.5 Å². The summed E-state index contributed by atoms with van der Waals surface area (Å²) in [6.07, 6.45) is 4.91. The van der Waals surface area contributed by atoms with Gasteiger partial charge in [-0.25, -0.2) is 0 Å². The Hall–Kier alpha value is -1.88. The molecule has 2 fully saturated rings. The number of rotatable bonds is 5. The molecule has 2 N–H and O–H groups in total. The molecule has 142 valence electrons. The largest absolute Gasteiger partial charge is 0.339 e. The predicted molar refractivity (Wildman–Crippen MR) is 104 cm³/mol. The lowest BCUT2D eigenvalue weighted by atomic mass is 9.84. The molecule has 2 heterocycles. The Kier molecular flexibility index (Phi) is 6.30. The van der Waals surface area contributed by atoms with Gasteiger partial charge in [0.05, 0.1) is 11.3 Å². The number of likely N-dealkylation sites (tertiary alicyclic amines) is 1. The first kappa shape index (κ1) is 18.9. The fourth-order valence-corrected chi connectivity index (χ4v) is 4.21. The van der Waals surface area contributed by atoms with Gasteiger partial charge in [-0.3, -0.25) is 9.59 Å². The van der Waals surface area contributed by atoms with E-state index in [-0.39, 0.29) is 11.8 Å². The Morgan fingerprint density at radius 3 is 2.62 bits per heavy atom. The van der Waals surface area contributed by atoms with E-state index in [2.05, 4.69) is 17.6 Å². The molecule has 5 heteroatoms. The van der Waals surface area contributed by atoms with Crippen LogP contribution < -0.4 is 10.6 Å². The molecular formula is C21H31N3O2. The van der Waals surface area contributed by atoms with Crippen molar-refractivity contribution in [3.63, 3.8) is 0 Å². The molecule has 2 amide bonds. The van der Waals surface area contributed by atoms with Crippen molar-refractivity contribution in [3.8, 4) is 0 Å². The Labute approximate surface area is 156 Å². The monoisotopic (exact) mass is 357 g/mol. The van der Waals surface area contributed by atoms with E-state index in [0.29, 0.717) is 29.5 Å². The summed E-state index contributed by atoms with van der Waals surface area (Å²) in [5, 5.41) is 6.40. The van der Waals surface area contributed by atoms with Crippen LogP contribution in [-0.2, 0) is 4.79 Å². The Morgan fingerprint density at radius 2 is 1.92 bits per heavy atom. The molecule has 0 saturated carbocycles. The summed E-state index contributed by atoms with van der Waals surface area (Å²) in [6.45, 7) is 7.82. The zero-order chi connectivity index (χ0) is 18.5. The van der Waals surface area contributed by atoms with Crippen molar-refractivity contribution in [2.24, 2.45) is 11.8 Å². The molecule has 0 bridgehead atoms. The lowest BCUT2D eigenvalue weighted by molar-refractivity contribution is -0.117. The molecule has 3 rings (SSSR count). The summed E-state index contributed by atoms with van der Waals surface area (Å²) in [5.41, 5.74) is 2.23. The normalized spacial score (nSPS) is 19.4. The van der Waals surface area contributed by atoms with Gasteiger partial charge >= 0.3 is 0 Å². The average Bonchev–Trinajstić information content (AvgIpc) is 3.17. The van der Waals surface area contributed by atoms with E-state index in [1.807, 2.05) is 30.0 Å². The first-order valence-electron chi connectivity index (χ1n) is 9.95. The minimum Gasteiger partial charge on any atom is -0.339 e. The van der Waals surface area contributed by atoms with Gasteiger partial charge in [0.25, 0.3) is 5.91 Å². The van der Waals surface area contributed by atoms with Gasteiger partial charge in [-0.15, -0.1) is 0 Å². The number of benzene rings is 1. The number of carbonyl (C=O) groups is 2. The Balaban J connectivity index is 1.67. The van der Waals surface area contributed by atoms with Gasteiger partial charge in [0.15, 0.2) is 0 Å². The molecular weight excluding hydrogens is 326 g/mol. The van der Waals surface area contributed by atoms with Crippen LogP contribution in [0.5, 0.6) is 0 Å². The molecule has 0 aliphatic carbocycles. The third-order valence-electron chi connectivity index (χ3n) is 5.85. The van der Waals surface area contributed by atoms with E-state index < -0.39 is 0 Å². The van der Waals surface area contributed by atoms with E-state index in [9.17, 15) is 9.59 Å². The lowest BCUT2D eigenvalue weighted by Crippen LogP contribution is -2.32. The number of hydrogen-bond donors (Lipinski definition) is 2. The Bertz CT molecular complexity index is 647. The van der Waals surface area contributed by atoms with Crippen molar-refractivity contribution in [2.75, 3.05) is 31.5 Å².